The summed E-state index contributed by atoms with van der Waals surface area (Å²) in [5.74, 6) is -2.13. The Hall–Kier alpha value is -3.22. The predicted molar refractivity (Wildman–Crippen MR) is 108 cm³/mol. The lowest BCUT2D eigenvalue weighted by Gasteiger charge is -2.34. The first kappa shape index (κ1) is 19.1. The van der Waals surface area contributed by atoms with E-state index in [0.717, 1.165) is 39.8 Å². The van der Waals surface area contributed by atoms with Gasteiger partial charge in [-0.3, -0.25) is 19.3 Å². The van der Waals surface area contributed by atoms with Crippen LogP contribution in [-0.2, 0) is 14.4 Å². The Labute approximate surface area is 168 Å². The van der Waals surface area contributed by atoms with Crippen LogP contribution in [0.25, 0.3) is 10.8 Å². The summed E-state index contributed by atoms with van der Waals surface area (Å²) in [4.78, 5) is 52.1. The van der Waals surface area contributed by atoms with E-state index in [1.807, 2.05) is 43.3 Å². The van der Waals surface area contributed by atoms with Crippen LogP contribution in [0.5, 0.6) is 0 Å². The average molecular weight is 393 g/mol. The third-order valence-corrected chi connectivity index (χ3v) is 5.85. The molecular weight excluding hydrogens is 370 g/mol. The van der Waals surface area contributed by atoms with Crippen molar-refractivity contribution in [2.75, 3.05) is 11.9 Å². The summed E-state index contributed by atoms with van der Waals surface area (Å²) in [5, 5.41) is 4.58. The summed E-state index contributed by atoms with van der Waals surface area (Å²) in [5.41, 5.74) is 0.594. The van der Waals surface area contributed by atoms with E-state index in [9.17, 15) is 19.2 Å². The molecule has 2 fully saturated rings. The zero-order chi connectivity index (χ0) is 20.5. The topological polar surface area (TPSA) is 86.8 Å². The van der Waals surface area contributed by atoms with E-state index in [4.69, 9.17) is 0 Å². The zero-order valence-corrected chi connectivity index (χ0v) is 16.3. The summed E-state index contributed by atoms with van der Waals surface area (Å²) >= 11 is 0. The first-order valence-corrected chi connectivity index (χ1v) is 9.94. The molecule has 1 saturated carbocycles. The molecule has 5 amide bonds. The molecule has 1 heterocycles. The van der Waals surface area contributed by atoms with Gasteiger partial charge in [-0.25, -0.2) is 9.69 Å². The molecule has 1 aliphatic heterocycles. The molecule has 0 spiro atoms. The van der Waals surface area contributed by atoms with Crippen molar-refractivity contribution in [2.45, 2.75) is 38.6 Å². The molecule has 1 saturated heterocycles. The number of imide groups is 2. The molecule has 0 radical (unpaired) electrons. The van der Waals surface area contributed by atoms with E-state index in [2.05, 4.69) is 5.32 Å². The van der Waals surface area contributed by atoms with E-state index < -0.39 is 30.3 Å². The van der Waals surface area contributed by atoms with Gasteiger partial charge in [0.15, 0.2) is 0 Å². The van der Waals surface area contributed by atoms with E-state index in [1.165, 1.54) is 0 Å². The second-order valence-corrected chi connectivity index (χ2v) is 7.75. The number of benzene rings is 2. The molecule has 4 rings (SSSR count). The Morgan fingerprint density at radius 3 is 2.52 bits per heavy atom. The van der Waals surface area contributed by atoms with Crippen molar-refractivity contribution in [3.8, 4) is 0 Å². The highest BCUT2D eigenvalue weighted by atomic mass is 16.2. The molecule has 29 heavy (non-hydrogen) atoms. The van der Waals surface area contributed by atoms with Gasteiger partial charge in [0, 0.05) is 17.1 Å². The maximum atomic E-state index is 12.8. The number of rotatable bonds is 4. The Morgan fingerprint density at radius 1 is 1.00 bits per heavy atom. The summed E-state index contributed by atoms with van der Waals surface area (Å²) < 4.78 is 0. The minimum Gasteiger partial charge on any atom is -0.324 e. The number of anilines is 1. The molecule has 1 aliphatic carbocycles. The molecule has 2 aromatic rings. The largest absolute Gasteiger partial charge is 0.334 e. The monoisotopic (exact) mass is 393 g/mol. The SMILES string of the molecule is C[C@@H]1CCCC[C@@H]1N1C(=O)C(=O)N(CC(=O)Nc2cccc3ccccc23)C1=O. The van der Waals surface area contributed by atoms with Crippen LogP contribution in [0.1, 0.15) is 32.6 Å². The lowest BCUT2D eigenvalue weighted by Crippen LogP contribution is -2.46. The summed E-state index contributed by atoms with van der Waals surface area (Å²) in [6, 6.07) is 12.1. The molecule has 1 N–H and O–H groups in total. The van der Waals surface area contributed by atoms with Crippen LogP contribution >= 0.6 is 0 Å². The van der Waals surface area contributed by atoms with Crippen LogP contribution in [0.4, 0.5) is 10.5 Å². The quantitative estimate of drug-likeness (QED) is 0.639. The fourth-order valence-electron chi connectivity index (χ4n) is 4.30. The fraction of sp³-hybridized carbons (Fsp3) is 0.364. The lowest BCUT2D eigenvalue weighted by molar-refractivity contribution is -0.145. The Balaban J connectivity index is 1.50. The van der Waals surface area contributed by atoms with Gasteiger partial charge in [-0.2, -0.15) is 0 Å². The van der Waals surface area contributed by atoms with Crippen LogP contribution in [0, 0.1) is 5.92 Å². The Bertz CT molecular complexity index is 997. The van der Waals surface area contributed by atoms with Gasteiger partial charge in [0.05, 0.1) is 0 Å². The van der Waals surface area contributed by atoms with Crippen molar-refractivity contribution in [3.63, 3.8) is 0 Å². The minimum absolute atomic E-state index is 0.147. The number of fused-ring (bicyclic) bond motifs is 1. The van der Waals surface area contributed by atoms with Crippen LogP contribution in [-0.4, -0.2) is 46.1 Å². The maximum absolute atomic E-state index is 12.8. The van der Waals surface area contributed by atoms with E-state index in [0.29, 0.717) is 12.1 Å². The number of carbonyl (C=O) groups is 4. The molecule has 2 aliphatic rings. The third-order valence-electron chi connectivity index (χ3n) is 5.85. The summed E-state index contributed by atoms with van der Waals surface area (Å²) in [7, 11) is 0. The first-order valence-electron chi connectivity index (χ1n) is 9.94. The van der Waals surface area contributed by atoms with Gasteiger partial charge in [0.25, 0.3) is 0 Å². The smallest absolute Gasteiger partial charge is 0.324 e. The zero-order valence-electron chi connectivity index (χ0n) is 16.3. The normalized spacial score (nSPS) is 22.4. The van der Waals surface area contributed by atoms with Crippen molar-refractivity contribution in [2.24, 2.45) is 5.92 Å². The van der Waals surface area contributed by atoms with Crippen molar-refractivity contribution in [1.29, 1.82) is 0 Å². The number of hydrogen-bond donors (Lipinski definition) is 1. The second kappa shape index (κ2) is 7.66. The Morgan fingerprint density at radius 2 is 1.72 bits per heavy atom. The molecule has 150 valence electrons. The number of nitrogens with one attached hydrogen (secondary N) is 1. The number of amides is 5. The van der Waals surface area contributed by atoms with Gasteiger partial charge in [-0.05, 0) is 30.2 Å². The molecule has 7 nitrogen and oxygen atoms in total. The fourth-order valence-corrected chi connectivity index (χ4v) is 4.30. The van der Waals surface area contributed by atoms with Gasteiger partial charge >= 0.3 is 17.8 Å². The number of urea groups is 1. The second-order valence-electron chi connectivity index (χ2n) is 7.75. The van der Waals surface area contributed by atoms with Gasteiger partial charge in [0.2, 0.25) is 5.91 Å². The van der Waals surface area contributed by atoms with Crippen LogP contribution < -0.4 is 5.32 Å². The number of nitrogens with zero attached hydrogens (tertiary/aromatic N) is 2. The molecule has 2 atom stereocenters. The van der Waals surface area contributed by atoms with Gasteiger partial charge in [0.1, 0.15) is 6.54 Å². The van der Waals surface area contributed by atoms with Gasteiger partial charge in [-0.1, -0.05) is 56.2 Å². The van der Waals surface area contributed by atoms with Crippen molar-refractivity contribution in [1.82, 2.24) is 9.80 Å². The van der Waals surface area contributed by atoms with Crippen LogP contribution in [0.3, 0.4) is 0 Å². The highest BCUT2D eigenvalue weighted by molar-refractivity contribution is 6.45. The number of carbonyl (C=O) groups excluding carboxylic acids is 4. The summed E-state index contributed by atoms with van der Waals surface area (Å²) in [6.07, 6.45) is 3.58. The highest BCUT2D eigenvalue weighted by Crippen LogP contribution is 2.31. The molecule has 0 aromatic heterocycles. The molecule has 0 bridgehead atoms. The Kier molecular flexibility index (Phi) is 5.05. The van der Waals surface area contributed by atoms with Crippen molar-refractivity contribution < 1.29 is 19.2 Å². The molecular formula is C22H23N3O4. The molecule has 0 unspecified atom stereocenters. The van der Waals surface area contributed by atoms with E-state index >= 15 is 0 Å². The lowest BCUT2D eigenvalue weighted by atomic mass is 9.85. The van der Waals surface area contributed by atoms with Crippen molar-refractivity contribution in [3.05, 3.63) is 42.5 Å². The molecule has 7 heteroatoms. The first-order chi connectivity index (χ1) is 14.0. The maximum Gasteiger partial charge on any atom is 0.334 e. The van der Waals surface area contributed by atoms with Gasteiger partial charge in [-0.15, -0.1) is 0 Å². The molecule has 2 aromatic carbocycles. The average Bonchev–Trinajstić information content (AvgIpc) is 2.92. The van der Waals surface area contributed by atoms with Crippen LogP contribution in [0.2, 0.25) is 0 Å². The minimum atomic E-state index is -0.930. The third kappa shape index (κ3) is 3.48. The van der Waals surface area contributed by atoms with E-state index in [1.54, 1.807) is 6.07 Å². The predicted octanol–water partition coefficient (Wildman–Crippen LogP) is 3.15. The standard InChI is InChI=1S/C22H23N3O4/c1-14-7-2-5-12-18(14)25-21(28)20(27)24(22(25)29)13-19(26)23-17-11-6-9-15-8-3-4-10-16(15)17/h3-4,6,8-11,14,18H,2,5,7,12-13H2,1H3,(H,23,26)/t14-,18+/m1/s1. The summed E-state index contributed by atoms with van der Waals surface area (Å²) in [6.45, 7) is 1.51. The van der Waals surface area contributed by atoms with E-state index in [-0.39, 0.29) is 12.0 Å². The van der Waals surface area contributed by atoms with Crippen molar-refractivity contribution >= 4 is 40.2 Å². The van der Waals surface area contributed by atoms with Gasteiger partial charge < -0.3 is 5.32 Å². The van der Waals surface area contributed by atoms with Crippen LogP contribution in [0.15, 0.2) is 42.5 Å². The number of hydrogen-bond acceptors (Lipinski definition) is 4. The highest BCUT2D eigenvalue weighted by Gasteiger charge is 2.49.